The van der Waals surface area contributed by atoms with Gasteiger partial charge in [-0.05, 0) is 12.1 Å². The highest BCUT2D eigenvalue weighted by atomic mass is 79.9. The third-order valence-electron chi connectivity index (χ3n) is 2.55. The van der Waals surface area contributed by atoms with Crippen molar-refractivity contribution in [2.24, 2.45) is 0 Å². The minimum Gasteiger partial charge on any atom is -0.380 e. The quantitative estimate of drug-likeness (QED) is 0.878. The molecule has 1 aromatic carbocycles. The number of hydrogen-bond acceptors (Lipinski definition) is 3. The summed E-state index contributed by atoms with van der Waals surface area (Å²) in [6.45, 7) is 2.71. The Morgan fingerprint density at radius 3 is 2.93 bits per heavy atom. The predicted molar refractivity (Wildman–Crippen MR) is 65.1 cm³/mol. The van der Waals surface area contributed by atoms with Gasteiger partial charge in [0, 0.05) is 35.9 Å². The molecule has 2 N–H and O–H groups in total. The van der Waals surface area contributed by atoms with Crippen molar-refractivity contribution in [1.29, 1.82) is 0 Å². The first-order valence-corrected chi connectivity index (χ1v) is 5.84. The van der Waals surface area contributed by atoms with Crippen molar-refractivity contribution in [3.05, 3.63) is 28.2 Å². The van der Waals surface area contributed by atoms with Crippen molar-refractivity contribution in [3.8, 4) is 0 Å². The zero-order chi connectivity index (χ0) is 10.7. The zero-order valence-corrected chi connectivity index (χ0v) is 10.3. The second-order valence-corrected chi connectivity index (χ2v) is 4.55. The summed E-state index contributed by atoms with van der Waals surface area (Å²) in [4.78, 5) is 0. The molecular formula is C11H15BrN2O. The van der Waals surface area contributed by atoms with E-state index in [1.54, 1.807) is 7.11 Å². The number of halogens is 1. The zero-order valence-electron chi connectivity index (χ0n) is 8.72. The molecule has 82 valence electrons. The lowest BCUT2D eigenvalue weighted by Crippen LogP contribution is -2.51. The minimum atomic E-state index is 0.551. The van der Waals surface area contributed by atoms with Gasteiger partial charge in [0.15, 0.2) is 0 Å². The molecule has 0 saturated carbocycles. The van der Waals surface area contributed by atoms with Crippen molar-refractivity contribution in [2.75, 3.05) is 25.5 Å². The van der Waals surface area contributed by atoms with E-state index in [-0.39, 0.29) is 0 Å². The maximum absolute atomic E-state index is 5.20. The molecule has 0 unspecified atom stereocenters. The van der Waals surface area contributed by atoms with Gasteiger partial charge in [0.2, 0.25) is 0 Å². The molecule has 4 heteroatoms. The molecule has 1 aliphatic rings. The standard InChI is InChI=1S/C11H15BrN2O/c1-15-7-9-10(12)3-2-4-11(9)14-8-5-13-6-8/h2-4,8,13-14H,5-7H2,1H3. The van der Waals surface area contributed by atoms with Crippen LogP contribution in [0.4, 0.5) is 5.69 Å². The first-order chi connectivity index (χ1) is 7.31. The second-order valence-electron chi connectivity index (χ2n) is 3.70. The van der Waals surface area contributed by atoms with E-state index >= 15 is 0 Å². The minimum absolute atomic E-state index is 0.551. The number of anilines is 1. The lowest BCUT2D eigenvalue weighted by atomic mass is 10.1. The summed E-state index contributed by atoms with van der Waals surface area (Å²) in [7, 11) is 1.72. The van der Waals surface area contributed by atoms with Gasteiger partial charge in [-0.3, -0.25) is 0 Å². The SMILES string of the molecule is COCc1c(Br)cccc1NC1CNC1. The number of hydrogen-bond donors (Lipinski definition) is 2. The highest BCUT2D eigenvalue weighted by molar-refractivity contribution is 9.10. The number of methoxy groups -OCH3 is 1. The van der Waals surface area contributed by atoms with Crippen LogP contribution in [0.5, 0.6) is 0 Å². The molecule has 0 aromatic heterocycles. The van der Waals surface area contributed by atoms with Crippen LogP contribution in [0.15, 0.2) is 22.7 Å². The van der Waals surface area contributed by atoms with Gasteiger partial charge in [0.25, 0.3) is 0 Å². The first kappa shape index (κ1) is 10.9. The van der Waals surface area contributed by atoms with E-state index in [4.69, 9.17) is 4.74 Å². The third-order valence-corrected chi connectivity index (χ3v) is 3.29. The topological polar surface area (TPSA) is 33.3 Å². The largest absolute Gasteiger partial charge is 0.380 e. The van der Waals surface area contributed by atoms with Crippen LogP contribution in [-0.2, 0) is 11.3 Å². The molecule has 0 bridgehead atoms. The average Bonchev–Trinajstić information content (AvgIpc) is 2.16. The molecule has 2 rings (SSSR count). The maximum atomic E-state index is 5.20. The molecule has 15 heavy (non-hydrogen) atoms. The fourth-order valence-corrected chi connectivity index (χ4v) is 2.08. The molecule has 0 atom stereocenters. The van der Waals surface area contributed by atoms with Gasteiger partial charge >= 0.3 is 0 Å². The fraction of sp³-hybridized carbons (Fsp3) is 0.455. The highest BCUT2D eigenvalue weighted by Gasteiger charge is 2.17. The number of benzene rings is 1. The van der Waals surface area contributed by atoms with Crippen molar-refractivity contribution in [3.63, 3.8) is 0 Å². The summed E-state index contributed by atoms with van der Waals surface area (Å²) in [5.74, 6) is 0. The van der Waals surface area contributed by atoms with Crippen LogP contribution in [0.1, 0.15) is 5.56 Å². The molecular weight excluding hydrogens is 256 g/mol. The van der Waals surface area contributed by atoms with Crippen molar-refractivity contribution in [1.82, 2.24) is 5.32 Å². The highest BCUT2D eigenvalue weighted by Crippen LogP contribution is 2.26. The smallest absolute Gasteiger partial charge is 0.0744 e. The maximum Gasteiger partial charge on any atom is 0.0744 e. The Morgan fingerprint density at radius 1 is 1.53 bits per heavy atom. The van der Waals surface area contributed by atoms with Crippen LogP contribution >= 0.6 is 15.9 Å². The van der Waals surface area contributed by atoms with E-state index in [1.165, 1.54) is 5.56 Å². The molecule has 1 fully saturated rings. The number of rotatable bonds is 4. The van der Waals surface area contributed by atoms with Gasteiger partial charge in [-0.15, -0.1) is 0 Å². The van der Waals surface area contributed by atoms with E-state index in [0.29, 0.717) is 12.6 Å². The molecule has 0 amide bonds. The van der Waals surface area contributed by atoms with Crippen LogP contribution in [0, 0.1) is 0 Å². The van der Waals surface area contributed by atoms with Crippen LogP contribution in [-0.4, -0.2) is 26.2 Å². The van der Waals surface area contributed by atoms with E-state index < -0.39 is 0 Å². The second kappa shape index (κ2) is 4.96. The average molecular weight is 271 g/mol. The number of nitrogens with one attached hydrogen (secondary N) is 2. The van der Waals surface area contributed by atoms with Crippen LogP contribution in [0.25, 0.3) is 0 Å². The van der Waals surface area contributed by atoms with Crippen LogP contribution in [0.2, 0.25) is 0 Å². The summed E-state index contributed by atoms with van der Waals surface area (Å²) in [5.41, 5.74) is 2.35. The van der Waals surface area contributed by atoms with Gasteiger partial charge in [0.1, 0.15) is 0 Å². The lowest BCUT2D eigenvalue weighted by molar-refractivity contribution is 0.184. The van der Waals surface area contributed by atoms with E-state index in [2.05, 4.69) is 32.6 Å². The van der Waals surface area contributed by atoms with Gasteiger partial charge in [-0.1, -0.05) is 22.0 Å². The van der Waals surface area contributed by atoms with Gasteiger partial charge in [-0.25, -0.2) is 0 Å². The van der Waals surface area contributed by atoms with Crippen molar-refractivity contribution < 1.29 is 4.74 Å². The van der Waals surface area contributed by atoms with Crippen LogP contribution in [0.3, 0.4) is 0 Å². The van der Waals surface area contributed by atoms with E-state index in [0.717, 1.165) is 23.2 Å². The Hall–Kier alpha value is -0.580. The Bertz CT molecular complexity index is 339. The molecule has 0 radical (unpaired) electrons. The predicted octanol–water partition coefficient (Wildman–Crippen LogP) is 1.98. The Balaban J connectivity index is 2.15. The summed E-state index contributed by atoms with van der Waals surface area (Å²) in [5, 5.41) is 6.74. The summed E-state index contributed by atoms with van der Waals surface area (Å²) < 4.78 is 6.30. The Morgan fingerprint density at radius 2 is 2.33 bits per heavy atom. The lowest BCUT2D eigenvalue weighted by Gasteiger charge is -2.30. The van der Waals surface area contributed by atoms with Crippen molar-refractivity contribution >= 4 is 21.6 Å². The monoisotopic (exact) mass is 270 g/mol. The van der Waals surface area contributed by atoms with Gasteiger partial charge < -0.3 is 15.4 Å². The molecule has 1 heterocycles. The normalized spacial score (nSPS) is 16.1. The Kier molecular flexibility index (Phi) is 3.61. The number of ether oxygens (including phenoxy) is 1. The van der Waals surface area contributed by atoms with Gasteiger partial charge in [0.05, 0.1) is 12.6 Å². The molecule has 1 aromatic rings. The third kappa shape index (κ3) is 2.51. The summed E-state index contributed by atoms with van der Waals surface area (Å²) in [6, 6.07) is 6.73. The first-order valence-electron chi connectivity index (χ1n) is 5.05. The van der Waals surface area contributed by atoms with Crippen molar-refractivity contribution in [2.45, 2.75) is 12.6 Å². The van der Waals surface area contributed by atoms with E-state index in [9.17, 15) is 0 Å². The van der Waals surface area contributed by atoms with Crippen LogP contribution < -0.4 is 10.6 Å². The Labute approximate surface area is 98.3 Å². The van der Waals surface area contributed by atoms with E-state index in [1.807, 2.05) is 12.1 Å². The molecule has 1 saturated heterocycles. The fourth-order valence-electron chi connectivity index (χ4n) is 1.60. The summed E-state index contributed by atoms with van der Waals surface area (Å²) in [6.07, 6.45) is 0. The van der Waals surface area contributed by atoms with Gasteiger partial charge in [-0.2, -0.15) is 0 Å². The molecule has 0 spiro atoms. The summed E-state index contributed by atoms with van der Waals surface area (Å²) >= 11 is 3.54. The molecule has 0 aliphatic carbocycles. The molecule has 1 aliphatic heterocycles. The molecule has 3 nitrogen and oxygen atoms in total.